The molecule has 5 heteroatoms. The van der Waals surface area contributed by atoms with E-state index in [-0.39, 0.29) is 5.69 Å². The van der Waals surface area contributed by atoms with E-state index in [0.717, 1.165) is 5.56 Å². The van der Waals surface area contributed by atoms with Crippen LogP contribution in [-0.4, -0.2) is 19.7 Å². The lowest BCUT2D eigenvalue weighted by molar-refractivity contribution is 0.733. The van der Waals surface area contributed by atoms with E-state index in [2.05, 4.69) is 21.8 Å². The van der Waals surface area contributed by atoms with Crippen molar-refractivity contribution < 1.29 is 0 Å². The summed E-state index contributed by atoms with van der Waals surface area (Å²) in [6.45, 7) is 4.08. The van der Waals surface area contributed by atoms with Crippen LogP contribution < -0.4 is 5.69 Å². The topological polar surface area (TPSA) is 63.6 Å². The molecule has 0 spiro atoms. The molecule has 0 aliphatic rings. The Balaban J connectivity index is 2.28. The Labute approximate surface area is 92.5 Å². The Morgan fingerprint density at radius 1 is 1.44 bits per heavy atom. The molecule has 0 bridgehead atoms. The molecular formula is C11H12N4O. The molecule has 0 aromatic carbocycles. The minimum Gasteiger partial charge on any atom is -0.275 e. The normalized spacial score (nSPS) is 10.2. The minimum absolute atomic E-state index is 0.205. The summed E-state index contributed by atoms with van der Waals surface area (Å²) in [4.78, 5) is 15.3. The first-order valence-electron chi connectivity index (χ1n) is 4.95. The van der Waals surface area contributed by atoms with Crippen molar-refractivity contribution in [3.63, 3.8) is 0 Å². The highest BCUT2D eigenvalue weighted by molar-refractivity contribution is 5.15. The van der Waals surface area contributed by atoms with E-state index in [1.165, 1.54) is 0 Å². The van der Waals surface area contributed by atoms with Crippen molar-refractivity contribution in [3.05, 3.63) is 59.1 Å². The zero-order chi connectivity index (χ0) is 11.4. The Morgan fingerprint density at radius 2 is 2.19 bits per heavy atom. The molecule has 2 aromatic rings. The maximum absolute atomic E-state index is 11.4. The van der Waals surface area contributed by atoms with E-state index in [1.54, 1.807) is 23.0 Å². The number of nitrogens with one attached hydrogen (secondary N) is 1. The number of allylic oxidation sites excluding steroid dienone is 1. The molecule has 16 heavy (non-hydrogen) atoms. The van der Waals surface area contributed by atoms with Crippen molar-refractivity contribution in [1.29, 1.82) is 0 Å². The fraction of sp³-hybridized carbons (Fsp3) is 0.182. The smallest absolute Gasteiger partial charge is 0.275 e. The van der Waals surface area contributed by atoms with E-state index >= 15 is 0 Å². The van der Waals surface area contributed by atoms with E-state index < -0.39 is 0 Å². The number of hydrogen-bond acceptors (Lipinski definition) is 3. The molecular weight excluding hydrogens is 204 g/mol. The number of aromatic nitrogens is 4. The molecule has 1 N–H and O–H groups in total. The maximum atomic E-state index is 11.4. The van der Waals surface area contributed by atoms with Crippen LogP contribution in [0.15, 0.2) is 42.0 Å². The van der Waals surface area contributed by atoms with Crippen molar-refractivity contribution in [3.8, 4) is 0 Å². The molecule has 5 nitrogen and oxygen atoms in total. The van der Waals surface area contributed by atoms with Gasteiger partial charge in [0.1, 0.15) is 5.82 Å². The van der Waals surface area contributed by atoms with E-state index in [9.17, 15) is 4.79 Å². The average molecular weight is 216 g/mol. The molecule has 2 aromatic heterocycles. The van der Waals surface area contributed by atoms with Crippen LogP contribution >= 0.6 is 0 Å². The molecule has 2 heterocycles. The minimum atomic E-state index is -0.205. The van der Waals surface area contributed by atoms with Crippen LogP contribution in [-0.2, 0) is 13.0 Å². The van der Waals surface area contributed by atoms with E-state index in [0.29, 0.717) is 18.8 Å². The quantitative estimate of drug-likeness (QED) is 0.767. The van der Waals surface area contributed by atoms with Gasteiger partial charge in [0.05, 0.1) is 0 Å². The average Bonchev–Trinajstić information content (AvgIpc) is 2.64. The highest BCUT2D eigenvalue weighted by Gasteiger charge is 2.07. The highest BCUT2D eigenvalue weighted by atomic mass is 16.1. The third-order valence-electron chi connectivity index (χ3n) is 2.26. The largest absolute Gasteiger partial charge is 0.343 e. The van der Waals surface area contributed by atoms with Crippen molar-refractivity contribution in [2.45, 2.75) is 13.0 Å². The monoisotopic (exact) mass is 216 g/mol. The van der Waals surface area contributed by atoms with Gasteiger partial charge in [0.2, 0.25) is 0 Å². The van der Waals surface area contributed by atoms with Crippen LogP contribution in [0.5, 0.6) is 0 Å². The van der Waals surface area contributed by atoms with Crippen molar-refractivity contribution in [2.75, 3.05) is 0 Å². The number of H-pyrrole nitrogens is 1. The van der Waals surface area contributed by atoms with Crippen LogP contribution in [0.25, 0.3) is 0 Å². The van der Waals surface area contributed by atoms with Crippen molar-refractivity contribution in [1.82, 2.24) is 19.7 Å². The van der Waals surface area contributed by atoms with E-state index in [1.807, 2.05) is 12.1 Å². The first-order chi connectivity index (χ1) is 7.81. The molecule has 0 unspecified atom stereocenters. The highest BCUT2D eigenvalue weighted by Crippen LogP contribution is 2.03. The fourth-order valence-electron chi connectivity index (χ4n) is 1.49. The van der Waals surface area contributed by atoms with E-state index in [4.69, 9.17) is 0 Å². The second-order valence-electron chi connectivity index (χ2n) is 3.38. The molecule has 0 aliphatic heterocycles. The maximum Gasteiger partial charge on any atom is 0.343 e. The molecule has 0 saturated carbocycles. The Morgan fingerprint density at radius 3 is 2.88 bits per heavy atom. The molecule has 0 atom stereocenters. The summed E-state index contributed by atoms with van der Waals surface area (Å²) in [5.74, 6) is 0.705. The zero-order valence-corrected chi connectivity index (χ0v) is 8.76. The van der Waals surface area contributed by atoms with Gasteiger partial charge >= 0.3 is 5.69 Å². The predicted octanol–water partition coefficient (Wildman–Crippen LogP) is 0.743. The summed E-state index contributed by atoms with van der Waals surface area (Å²) < 4.78 is 1.56. The predicted molar refractivity (Wildman–Crippen MR) is 60.1 cm³/mol. The number of aromatic amines is 1. The lowest BCUT2D eigenvalue weighted by atomic mass is 10.2. The first kappa shape index (κ1) is 10.4. The molecule has 0 amide bonds. The molecule has 0 saturated heterocycles. The molecule has 0 aliphatic carbocycles. The third-order valence-corrected chi connectivity index (χ3v) is 2.26. The summed E-state index contributed by atoms with van der Waals surface area (Å²) in [6.07, 6.45) is 5.72. The lowest BCUT2D eigenvalue weighted by Gasteiger charge is -2.02. The van der Waals surface area contributed by atoms with Gasteiger partial charge in [-0.25, -0.2) is 9.89 Å². The van der Waals surface area contributed by atoms with Gasteiger partial charge in [0.15, 0.2) is 0 Å². The van der Waals surface area contributed by atoms with Crippen LogP contribution in [0.4, 0.5) is 0 Å². The first-order valence-corrected chi connectivity index (χ1v) is 4.95. The third kappa shape index (κ3) is 2.08. The van der Waals surface area contributed by atoms with Crippen LogP contribution in [0.1, 0.15) is 11.4 Å². The molecule has 82 valence electrons. The number of hydrogen-bond donors (Lipinski definition) is 1. The van der Waals surface area contributed by atoms with Crippen molar-refractivity contribution >= 4 is 0 Å². The summed E-state index contributed by atoms with van der Waals surface area (Å²) in [7, 11) is 0. The Bertz CT molecular complexity index is 526. The zero-order valence-electron chi connectivity index (χ0n) is 8.76. The fourth-order valence-corrected chi connectivity index (χ4v) is 1.49. The van der Waals surface area contributed by atoms with Gasteiger partial charge in [-0.2, -0.15) is 5.10 Å². The molecule has 2 rings (SSSR count). The Hall–Kier alpha value is -2.17. The molecule has 0 radical (unpaired) electrons. The van der Waals surface area contributed by atoms with Gasteiger partial charge < -0.3 is 0 Å². The van der Waals surface area contributed by atoms with Crippen LogP contribution in [0.2, 0.25) is 0 Å². The van der Waals surface area contributed by atoms with Gasteiger partial charge in [-0.3, -0.25) is 9.55 Å². The van der Waals surface area contributed by atoms with Crippen LogP contribution in [0.3, 0.4) is 0 Å². The number of pyridine rings is 1. The van der Waals surface area contributed by atoms with Gasteiger partial charge in [-0.15, -0.1) is 6.58 Å². The number of nitrogens with zero attached hydrogens (tertiary/aromatic N) is 3. The summed E-state index contributed by atoms with van der Waals surface area (Å²) in [6, 6.07) is 3.80. The number of rotatable bonds is 4. The lowest BCUT2D eigenvalue weighted by Crippen LogP contribution is -2.18. The SMILES string of the molecule is C=CCn1c(Cc2ccncc2)n[nH]c1=O. The standard InChI is InChI=1S/C11H12N4O/c1-2-7-15-10(13-14-11(15)16)8-9-3-5-12-6-4-9/h2-6H,1,7-8H2,(H,14,16). The second kappa shape index (κ2) is 4.57. The van der Waals surface area contributed by atoms with Crippen molar-refractivity contribution in [2.24, 2.45) is 0 Å². The van der Waals surface area contributed by atoms with Gasteiger partial charge in [0.25, 0.3) is 0 Å². The summed E-state index contributed by atoms with van der Waals surface area (Å²) in [5.41, 5.74) is 0.864. The molecule has 0 fully saturated rings. The van der Waals surface area contributed by atoms with Gasteiger partial charge in [0, 0.05) is 25.4 Å². The van der Waals surface area contributed by atoms with Crippen LogP contribution in [0, 0.1) is 0 Å². The van der Waals surface area contributed by atoms with Gasteiger partial charge in [-0.1, -0.05) is 6.08 Å². The Kier molecular flexibility index (Phi) is 2.95. The summed E-state index contributed by atoms with van der Waals surface area (Å²) in [5, 5.41) is 6.42. The van der Waals surface area contributed by atoms with Gasteiger partial charge in [-0.05, 0) is 17.7 Å². The summed E-state index contributed by atoms with van der Waals surface area (Å²) >= 11 is 0. The second-order valence-corrected chi connectivity index (χ2v) is 3.38.